The van der Waals surface area contributed by atoms with Crippen LogP contribution in [0.3, 0.4) is 0 Å². The SMILES string of the molecule is C[C@H](C(=O)NC[C@H](C)c1ccccc1)N1CCN(CC(=O)NC2CC2)CC1. The monoisotopic (exact) mass is 372 g/mol. The van der Waals surface area contributed by atoms with Gasteiger partial charge in [0.05, 0.1) is 12.6 Å². The zero-order valence-corrected chi connectivity index (χ0v) is 16.5. The van der Waals surface area contributed by atoms with Gasteiger partial charge in [0.15, 0.2) is 0 Å². The summed E-state index contributed by atoms with van der Waals surface area (Å²) < 4.78 is 0. The van der Waals surface area contributed by atoms with Crippen LogP contribution in [0.15, 0.2) is 30.3 Å². The zero-order chi connectivity index (χ0) is 19.2. The lowest BCUT2D eigenvalue weighted by atomic mass is 10.0. The number of piperazine rings is 1. The highest BCUT2D eigenvalue weighted by Crippen LogP contribution is 2.18. The van der Waals surface area contributed by atoms with Gasteiger partial charge in [0.1, 0.15) is 0 Å². The van der Waals surface area contributed by atoms with E-state index in [0.29, 0.717) is 25.0 Å². The van der Waals surface area contributed by atoms with Gasteiger partial charge in [-0.1, -0.05) is 37.3 Å². The number of nitrogens with one attached hydrogen (secondary N) is 2. The predicted molar refractivity (Wildman–Crippen MR) is 107 cm³/mol. The molecule has 0 aromatic heterocycles. The normalized spacial score (nSPS) is 20.7. The van der Waals surface area contributed by atoms with Gasteiger partial charge in [-0.3, -0.25) is 19.4 Å². The number of hydrogen-bond donors (Lipinski definition) is 2. The van der Waals surface area contributed by atoms with E-state index in [1.54, 1.807) is 0 Å². The highest BCUT2D eigenvalue weighted by Gasteiger charge is 2.28. The average Bonchev–Trinajstić information content (AvgIpc) is 3.50. The van der Waals surface area contributed by atoms with Crippen LogP contribution in [0.25, 0.3) is 0 Å². The lowest BCUT2D eigenvalue weighted by molar-refractivity contribution is -0.128. The fraction of sp³-hybridized carbons (Fsp3) is 0.619. The number of carbonyl (C=O) groups excluding carboxylic acids is 2. The molecule has 0 radical (unpaired) electrons. The minimum Gasteiger partial charge on any atom is -0.354 e. The summed E-state index contributed by atoms with van der Waals surface area (Å²) in [6.45, 7) is 8.52. The maximum atomic E-state index is 12.5. The third-order valence-corrected chi connectivity index (χ3v) is 5.59. The molecule has 6 nitrogen and oxygen atoms in total. The van der Waals surface area contributed by atoms with Crippen LogP contribution in [-0.2, 0) is 9.59 Å². The van der Waals surface area contributed by atoms with E-state index >= 15 is 0 Å². The number of amides is 2. The smallest absolute Gasteiger partial charge is 0.237 e. The van der Waals surface area contributed by atoms with Gasteiger partial charge in [0.25, 0.3) is 0 Å². The van der Waals surface area contributed by atoms with Crippen LogP contribution in [0, 0.1) is 0 Å². The summed E-state index contributed by atoms with van der Waals surface area (Å²) >= 11 is 0. The minimum atomic E-state index is -0.143. The molecule has 1 heterocycles. The van der Waals surface area contributed by atoms with Gasteiger partial charge in [0, 0.05) is 38.8 Å². The Bertz CT molecular complexity index is 624. The molecule has 1 aromatic rings. The summed E-state index contributed by atoms with van der Waals surface area (Å²) in [5.74, 6) is 0.508. The fourth-order valence-corrected chi connectivity index (χ4v) is 3.48. The Morgan fingerprint density at radius 3 is 2.37 bits per heavy atom. The summed E-state index contributed by atoms with van der Waals surface area (Å²) in [6, 6.07) is 10.5. The molecule has 0 spiro atoms. The number of carbonyl (C=O) groups is 2. The van der Waals surface area contributed by atoms with Crippen LogP contribution in [-0.4, -0.2) is 73.0 Å². The van der Waals surface area contributed by atoms with Crippen LogP contribution < -0.4 is 10.6 Å². The van der Waals surface area contributed by atoms with Crippen molar-refractivity contribution in [2.45, 2.75) is 44.7 Å². The van der Waals surface area contributed by atoms with E-state index in [0.717, 1.165) is 39.0 Å². The van der Waals surface area contributed by atoms with Crippen molar-refractivity contribution in [3.8, 4) is 0 Å². The van der Waals surface area contributed by atoms with Crippen molar-refractivity contribution in [3.05, 3.63) is 35.9 Å². The molecule has 2 atom stereocenters. The standard InChI is InChI=1S/C21H32N4O2/c1-16(18-6-4-3-5-7-18)14-22-21(27)17(2)25-12-10-24(11-13-25)15-20(26)23-19-8-9-19/h3-7,16-17,19H,8-15H2,1-2H3,(H,22,27)(H,23,26)/t16-,17+/m0/s1. The third-order valence-electron chi connectivity index (χ3n) is 5.59. The van der Waals surface area contributed by atoms with Gasteiger partial charge in [-0.25, -0.2) is 0 Å². The van der Waals surface area contributed by atoms with Gasteiger partial charge in [-0.2, -0.15) is 0 Å². The molecule has 1 saturated heterocycles. The van der Waals surface area contributed by atoms with Crippen molar-refractivity contribution < 1.29 is 9.59 Å². The van der Waals surface area contributed by atoms with Crippen LogP contribution in [0.1, 0.15) is 38.2 Å². The molecule has 1 saturated carbocycles. The van der Waals surface area contributed by atoms with E-state index in [9.17, 15) is 9.59 Å². The molecule has 2 fully saturated rings. The molecule has 3 rings (SSSR count). The molecule has 2 aliphatic rings. The quantitative estimate of drug-likeness (QED) is 0.720. The van der Waals surface area contributed by atoms with E-state index in [-0.39, 0.29) is 17.9 Å². The first-order chi connectivity index (χ1) is 13.0. The van der Waals surface area contributed by atoms with Crippen molar-refractivity contribution in [1.82, 2.24) is 20.4 Å². The second kappa shape index (κ2) is 9.33. The summed E-state index contributed by atoms with van der Waals surface area (Å²) in [4.78, 5) is 28.8. The molecule has 1 aliphatic heterocycles. The van der Waals surface area contributed by atoms with Crippen LogP contribution in [0.4, 0.5) is 0 Å². The Morgan fingerprint density at radius 2 is 1.74 bits per heavy atom. The lowest BCUT2D eigenvalue weighted by Gasteiger charge is -2.37. The van der Waals surface area contributed by atoms with Gasteiger partial charge < -0.3 is 10.6 Å². The first kappa shape index (κ1) is 19.8. The first-order valence-corrected chi connectivity index (χ1v) is 10.1. The van der Waals surface area contributed by atoms with E-state index in [1.165, 1.54) is 5.56 Å². The molecule has 0 bridgehead atoms. The zero-order valence-electron chi connectivity index (χ0n) is 16.5. The second-order valence-electron chi connectivity index (χ2n) is 7.89. The second-order valence-corrected chi connectivity index (χ2v) is 7.89. The number of rotatable bonds is 8. The Morgan fingerprint density at radius 1 is 1.07 bits per heavy atom. The lowest BCUT2D eigenvalue weighted by Crippen LogP contribution is -2.55. The fourth-order valence-electron chi connectivity index (χ4n) is 3.48. The molecule has 0 unspecified atom stereocenters. The molecule has 6 heteroatoms. The summed E-state index contributed by atoms with van der Waals surface area (Å²) in [5, 5.41) is 6.13. The third kappa shape index (κ3) is 6.04. The summed E-state index contributed by atoms with van der Waals surface area (Å²) in [5.41, 5.74) is 1.24. The maximum Gasteiger partial charge on any atom is 0.237 e. The molecule has 2 N–H and O–H groups in total. The average molecular weight is 373 g/mol. The summed E-state index contributed by atoms with van der Waals surface area (Å²) in [6.07, 6.45) is 2.24. The minimum absolute atomic E-state index is 0.0812. The van der Waals surface area contributed by atoms with Crippen LogP contribution in [0.5, 0.6) is 0 Å². The largest absolute Gasteiger partial charge is 0.354 e. The van der Waals surface area contributed by atoms with Gasteiger partial charge in [-0.05, 0) is 31.2 Å². The van der Waals surface area contributed by atoms with Gasteiger partial charge >= 0.3 is 0 Å². The predicted octanol–water partition coefficient (Wildman–Crippen LogP) is 1.19. The molecule has 2 amide bonds. The topological polar surface area (TPSA) is 64.7 Å². The number of nitrogens with zero attached hydrogens (tertiary/aromatic N) is 2. The van der Waals surface area contributed by atoms with Gasteiger partial charge in [0.2, 0.25) is 11.8 Å². The highest BCUT2D eigenvalue weighted by molar-refractivity contribution is 5.81. The van der Waals surface area contributed by atoms with Crippen molar-refractivity contribution in [3.63, 3.8) is 0 Å². The van der Waals surface area contributed by atoms with E-state index in [2.05, 4.69) is 39.5 Å². The Balaban J connectivity index is 1.37. The van der Waals surface area contributed by atoms with E-state index in [4.69, 9.17) is 0 Å². The first-order valence-electron chi connectivity index (χ1n) is 10.1. The molecule has 1 aliphatic carbocycles. The van der Waals surface area contributed by atoms with E-state index < -0.39 is 0 Å². The Hall–Kier alpha value is -1.92. The van der Waals surface area contributed by atoms with Crippen molar-refractivity contribution >= 4 is 11.8 Å². The highest BCUT2D eigenvalue weighted by atomic mass is 16.2. The Labute approximate surface area is 162 Å². The van der Waals surface area contributed by atoms with Gasteiger partial charge in [-0.15, -0.1) is 0 Å². The maximum absolute atomic E-state index is 12.5. The van der Waals surface area contributed by atoms with Crippen molar-refractivity contribution in [1.29, 1.82) is 0 Å². The van der Waals surface area contributed by atoms with Crippen molar-refractivity contribution in [2.24, 2.45) is 0 Å². The molecular formula is C21H32N4O2. The molecule has 1 aromatic carbocycles. The summed E-state index contributed by atoms with van der Waals surface area (Å²) in [7, 11) is 0. The molecular weight excluding hydrogens is 340 g/mol. The molecule has 148 valence electrons. The number of hydrogen-bond acceptors (Lipinski definition) is 4. The van der Waals surface area contributed by atoms with Crippen LogP contribution >= 0.6 is 0 Å². The Kier molecular flexibility index (Phi) is 6.85. The van der Waals surface area contributed by atoms with Crippen LogP contribution in [0.2, 0.25) is 0 Å². The van der Waals surface area contributed by atoms with E-state index in [1.807, 2.05) is 25.1 Å². The number of benzene rings is 1. The molecule has 27 heavy (non-hydrogen) atoms. The van der Waals surface area contributed by atoms with Crippen molar-refractivity contribution in [2.75, 3.05) is 39.3 Å².